The second-order valence-corrected chi connectivity index (χ2v) is 4.79. The van der Waals surface area contributed by atoms with Gasteiger partial charge in [0.05, 0.1) is 24.7 Å². The van der Waals surface area contributed by atoms with E-state index in [4.69, 9.17) is 9.15 Å². The highest BCUT2D eigenvalue weighted by Crippen LogP contribution is 2.04. The first-order valence-corrected chi connectivity index (χ1v) is 6.63. The van der Waals surface area contributed by atoms with Crippen LogP contribution in [-0.4, -0.2) is 34.1 Å². The highest BCUT2D eigenvalue weighted by molar-refractivity contribution is 5.14. The fraction of sp³-hybridized carbons (Fsp3) is 0.500. The zero-order chi connectivity index (χ0) is 14.4. The van der Waals surface area contributed by atoms with E-state index < -0.39 is 6.10 Å². The molecule has 2 rings (SSSR count). The smallest absolute Gasteiger partial charge is 0.129 e. The van der Waals surface area contributed by atoms with E-state index in [2.05, 4.69) is 10.4 Å². The van der Waals surface area contributed by atoms with E-state index in [1.165, 1.54) is 0 Å². The van der Waals surface area contributed by atoms with Gasteiger partial charge in [0.1, 0.15) is 12.4 Å². The van der Waals surface area contributed by atoms with Crippen molar-refractivity contribution in [1.82, 2.24) is 15.1 Å². The SMILES string of the molecule is Cc1nn(C)cc1CNCC(O)COCc1ccco1. The Bertz CT molecular complexity index is 508. The van der Waals surface area contributed by atoms with Crippen molar-refractivity contribution in [3.8, 4) is 0 Å². The Balaban J connectivity index is 1.60. The van der Waals surface area contributed by atoms with E-state index in [0.717, 1.165) is 17.0 Å². The van der Waals surface area contributed by atoms with Crippen molar-refractivity contribution in [2.75, 3.05) is 13.2 Å². The van der Waals surface area contributed by atoms with Gasteiger partial charge in [-0.2, -0.15) is 5.10 Å². The first-order valence-electron chi connectivity index (χ1n) is 6.63. The Kier molecular flexibility index (Phi) is 5.34. The number of hydrogen-bond donors (Lipinski definition) is 2. The van der Waals surface area contributed by atoms with Crippen LogP contribution in [0.4, 0.5) is 0 Å². The quantitative estimate of drug-likeness (QED) is 0.754. The zero-order valence-electron chi connectivity index (χ0n) is 11.9. The van der Waals surface area contributed by atoms with Gasteiger partial charge in [0.2, 0.25) is 0 Å². The maximum Gasteiger partial charge on any atom is 0.129 e. The van der Waals surface area contributed by atoms with Gasteiger partial charge in [0, 0.05) is 31.9 Å². The molecule has 110 valence electrons. The molecule has 0 saturated heterocycles. The molecule has 0 amide bonds. The fourth-order valence-electron chi connectivity index (χ4n) is 1.94. The molecule has 0 aromatic carbocycles. The zero-order valence-corrected chi connectivity index (χ0v) is 11.9. The van der Waals surface area contributed by atoms with Crippen LogP contribution in [0.15, 0.2) is 29.0 Å². The molecule has 2 heterocycles. The summed E-state index contributed by atoms with van der Waals surface area (Å²) in [5, 5.41) is 17.2. The van der Waals surface area contributed by atoms with Crippen LogP contribution in [0.3, 0.4) is 0 Å². The molecule has 6 heteroatoms. The van der Waals surface area contributed by atoms with E-state index >= 15 is 0 Å². The Morgan fingerprint density at radius 2 is 2.40 bits per heavy atom. The lowest BCUT2D eigenvalue weighted by Gasteiger charge is -2.11. The van der Waals surface area contributed by atoms with E-state index in [0.29, 0.717) is 19.7 Å². The highest BCUT2D eigenvalue weighted by atomic mass is 16.5. The van der Waals surface area contributed by atoms with E-state index in [9.17, 15) is 5.11 Å². The van der Waals surface area contributed by atoms with Crippen LogP contribution < -0.4 is 5.32 Å². The van der Waals surface area contributed by atoms with Crippen LogP contribution >= 0.6 is 0 Å². The minimum Gasteiger partial charge on any atom is -0.467 e. The Labute approximate surface area is 118 Å². The van der Waals surface area contributed by atoms with Crippen molar-refractivity contribution < 1.29 is 14.3 Å². The molecule has 2 aromatic rings. The predicted octanol–water partition coefficient (Wildman–Crippen LogP) is 0.989. The fourth-order valence-corrected chi connectivity index (χ4v) is 1.94. The van der Waals surface area contributed by atoms with Crippen LogP contribution in [0.5, 0.6) is 0 Å². The lowest BCUT2D eigenvalue weighted by atomic mass is 10.2. The lowest BCUT2D eigenvalue weighted by molar-refractivity contribution is 0.0225. The van der Waals surface area contributed by atoms with Gasteiger partial charge in [-0.05, 0) is 19.1 Å². The average Bonchev–Trinajstić information content (AvgIpc) is 3.00. The van der Waals surface area contributed by atoms with Gasteiger partial charge >= 0.3 is 0 Å². The number of rotatable bonds is 8. The molecule has 0 aliphatic carbocycles. The number of nitrogens with one attached hydrogen (secondary N) is 1. The van der Waals surface area contributed by atoms with Gasteiger partial charge < -0.3 is 19.6 Å². The number of aryl methyl sites for hydroxylation is 2. The van der Waals surface area contributed by atoms with E-state index in [-0.39, 0.29) is 6.61 Å². The molecule has 0 saturated carbocycles. The third kappa shape index (κ3) is 4.48. The maximum atomic E-state index is 9.79. The largest absolute Gasteiger partial charge is 0.467 e. The normalized spacial score (nSPS) is 12.8. The number of ether oxygens (including phenoxy) is 1. The van der Waals surface area contributed by atoms with Crippen molar-refractivity contribution in [2.45, 2.75) is 26.2 Å². The van der Waals surface area contributed by atoms with Crippen molar-refractivity contribution in [2.24, 2.45) is 7.05 Å². The second-order valence-electron chi connectivity index (χ2n) is 4.79. The summed E-state index contributed by atoms with van der Waals surface area (Å²) in [7, 11) is 1.90. The van der Waals surface area contributed by atoms with Gasteiger partial charge in [-0.1, -0.05) is 0 Å². The van der Waals surface area contributed by atoms with Crippen LogP contribution in [0.1, 0.15) is 17.0 Å². The van der Waals surface area contributed by atoms with Gasteiger partial charge in [-0.25, -0.2) is 0 Å². The molecule has 0 radical (unpaired) electrons. The molecule has 1 atom stereocenters. The molecule has 1 unspecified atom stereocenters. The summed E-state index contributed by atoms with van der Waals surface area (Å²) in [6.07, 6.45) is 3.04. The van der Waals surface area contributed by atoms with Gasteiger partial charge in [-0.3, -0.25) is 4.68 Å². The number of nitrogens with zero attached hydrogens (tertiary/aromatic N) is 2. The van der Waals surface area contributed by atoms with Crippen LogP contribution in [0, 0.1) is 6.92 Å². The number of aliphatic hydroxyl groups excluding tert-OH is 1. The summed E-state index contributed by atoms with van der Waals surface area (Å²) in [5.41, 5.74) is 2.14. The molecule has 0 fully saturated rings. The minimum atomic E-state index is -0.540. The summed E-state index contributed by atoms with van der Waals surface area (Å²) < 4.78 is 12.3. The maximum absolute atomic E-state index is 9.79. The number of aromatic nitrogens is 2. The molecule has 20 heavy (non-hydrogen) atoms. The first-order chi connectivity index (χ1) is 9.65. The molecule has 2 aromatic heterocycles. The molecule has 0 spiro atoms. The number of furan rings is 1. The Hall–Kier alpha value is -1.63. The molecule has 0 aliphatic rings. The number of aliphatic hydroxyl groups is 1. The standard InChI is InChI=1S/C14H21N3O3/c1-11-12(8-17(2)16-11)6-15-7-13(18)9-19-10-14-4-3-5-20-14/h3-5,8,13,15,18H,6-7,9-10H2,1-2H3. The Morgan fingerprint density at radius 1 is 1.55 bits per heavy atom. The molecular weight excluding hydrogens is 258 g/mol. The highest BCUT2D eigenvalue weighted by Gasteiger charge is 2.07. The third-order valence-corrected chi connectivity index (χ3v) is 2.95. The van der Waals surface area contributed by atoms with E-state index in [1.54, 1.807) is 10.9 Å². The Morgan fingerprint density at radius 3 is 3.05 bits per heavy atom. The van der Waals surface area contributed by atoms with Crippen molar-refractivity contribution in [1.29, 1.82) is 0 Å². The summed E-state index contributed by atoms with van der Waals surface area (Å²) in [4.78, 5) is 0. The summed E-state index contributed by atoms with van der Waals surface area (Å²) in [6, 6.07) is 3.66. The average molecular weight is 279 g/mol. The van der Waals surface area contributed by atoms with Gasteiger partial charge in [0.25, 0.3) is 0 Å². The monoisotopic (exact) mass is 279 g/mol. The predicted molar refractivity (Wildman–Crippen MR) is 74.0 cm³/mol. The third-order valence-electron chi connectivity index (χ3n) is 2.95. The second kappa shape index (κ2) is 7.23. The van der Waals surface area contributed by atoms with Crippen molar-refractivity contribution >= 4 is 0 Å². The van der Waals surface area contributed by atoms with Crippen molar-refractivity contribution in [3.05, 3.63) is 41.6 Å². The lowest BCUT2D eigenvalue weighted by Crippen LogP contribution is -2.30. The van der Waals surface area contributed by atoms with Crippen LogP contribution in [0.2, 0.25) is 0 Å². The van der Waals surface area contributed by atoms with Gasteiger partial charge in [-0.15, -0.1) is 0 Å². The van der Waals surface area contributed by atoms with E-state index in [1.807, 2.05) is 32.3 Å². The topological polar surface area (TPSA) is 72.5 Å². The van der Waals surface area contributed by atoms with Crippen molar-refractivity contribution in [3.63, 3.8) is 0 Å². The summed E-state index contributed by atoms with van der Waals surface area (Å²) in [5.74, 6) is 0.760. The molecule has 0 aliphatic heterocycles. The summed E-state index contributed by atoms with van der Waals surface area (Å²) in [6.45, 7) is 3.80. The van der Waals surface area contributed by atoms with Gasteiger partial charge in [0.15, 0.2) is 0 Å². The van der Waals surface area contributed by atoms with Crippen LogP contribution in [0.25, 0.3) is 0 Å². The van der Waals surface area contributed by atoms with Crippen LogP contribution in [-0.2, 0) is 24.9 Å². The summed E-state index contributed by atoms with van der Waals surface area (Å²) >= 11 is 0. The molecule has 0 bridgehead atoms. The number of hydrogen-bond acceptors (Lipinski definition) is 5. The first kappa shape index (κ1) is 14.8. The molecule has 2 N–H and O–H groups in total. The molecular formula is C14H21N3O3. The minimum absolute atomic E-state index is 0.278. The molecule has 6 nitrogen and oxygen atoms in total.